The molecular weight excluding hydrogens is 402 g/mol. The molecule has 4 rings (SSSR count). The highest BCUT2D eigenvalue weighted by Crippen LogP contribution is 2.33. The number of amides is 1. The minimum absolute atomic E-state index is 0.0350. The van der Waals surface area contributed by atoms with E-state index in [1.165, 1.54) is 27.8 Å². The van der Waals surface area contributed by atoms with E-state index in [1.807, 2.05) is 41.1 Å². The van der Waals surface area contributed by atoms with Crippen molar-refractivity contribution in [3.63, 3.8) is 0 Å². The fourth-order valence-electron chi connectivity index (χ4n) is 3.36. The van der Waals surface area contributed by atoms with Crippen LogP contribution in [-0.2, 0) is 11.3 Å². The molecule has 0 saturated carbocycles. The maximum atomic E-state index is 13.0. The summed E-state index contributed by atoms with van der Waals surface area (Å²) in [7, 11) is 0. The lowest BCUT2D eigenvalue weighted by atomic mass is 9.96. The normalized spacial score (nSPS) is 12.2. The Labute approximate surface area is 176 Å². The van der Waals surface area contributed by atoms with Crippen molar-refractivity contribution in [1.82, 2.24) is 14.9 Å². The van der Waals surface area contributed by atoms with Gasteiger partial charge in [0.1, 0.15) is 11.4 Å². The van der Waals surface area contributed by atoms with Crippen LogP contribution in [0.4, 0.5) is 0 Å². The highest BCUT2D eigenvalue weighted by molar-refractivity contribution is 7.18. The van der Waals surface area contributed by atoms with E-state index in [9.17, 15) is 9.59 Å². The van der Waals surface area contributed by atoms with Gasteiger partial charge in [0, 0.05) is 28.3 Å². The Kier molecular flexibility index (Phi) is 5.87. The third-order valence-corrected chi connectivity index (χ3v) is 6.76. The molecule has 3 aromatic heterocycles. The minimum atomic E-state index is -0.185. The smallest absolute Gasteiger partial charge is 0.263 e. The van der Waals surface area contributed by atoms with Crippen LogP contribution in [0, 0.1) is 0 Å². The van der Waals surface area contributed by atoms with Gasteiger partial charge in [0.05, 0.1) is 11.7 Å². The second kappa shape index (κ2) is 8.71. The average molecular weight is 424 g/mol. The summed E-state index contributed by atoms with van der Waals surface area (Å²) < 4.78 is 1.39. The van der Waals surface area contributed by atoms with Gasteiger partial charge in [-0.25, -0.2) is 4.98 Å². The first-order valence-corrected chi connectivity index (χ1v) is 11.3. The lowest BCUT2D eigenvalue weighted by molar-refractivity contribution is -0.121. The van der Waals surface area contributed by atoms with Crippen molar-refractivity contribution in [2.24, 2.45) is 0 Å². The van der Waals surface area contributed by atoms with E-state index in [2.05, 4.69) is 29.4 Å². The highest BCUT2D eigenvalue weighted by Gasteiger charge is 2.16. The lowest BCUT2D eigenvalue weighted by Gasteiger charge is -2.16. The summed E-state index contributed by atoms with van der Waals surface area (Å²) >= 11 is 3.04. The van der Waals surface area contributed by atoms with E-state index in [0.717, 1.165) is 16.9 Å². The van der Waals surface area contributed by atoms with Crippen LogP contribution in [0.1, 0.15) is 24.8 Å². The number of carbonyl (C=O) groups excluding carboxylic acids is 1. The molecular formula is C22H21N3O2S2. The molecule has 148 valence electrons. The fourth-order valence-corrected chi connectivity index (χ4v) is 5.08. The van der Waals surface area contributed by atoms with Crippen LogP contribution in [0.3, 0.4) is 0 Å². The molecule has 0 radical (unpaired) electrons. The second-order valence-corrected chi connectivity index (χ2v) is 8.61. The Hall–Kier alpha value is -2.77. The lowest BCUT2D eigenvalue weighted by Crippen LogP contribution is -2.34. The third-order valence-electron chi connectivity index (χ3n) is 4.97. The summed E-state index contributed by atoms with van der Waals surface area (Å²) in [5, 5.41) is 7.50. The maximum absolute atomic E-state index is 13.0. The van der Waals surface area contributed by atoms with Crippen molar-refractivity contribution in [2.75, 3.05) is 6.54 Å². The van der Waals surface area contributed by atoms with Gasteiger partial charge in [0.25, 0.3) is 5.56 Å². The Morgan fingerprint density at radius 3 is 2.72 bits per heavy atom. The zero-order valence-corrected chi connectivity index (χ0v) is 17.6. The fraction of sp³-hybridized carbons (Fsp3) is 0.227. The molecule has 3 heterocycles. The van der Waals surface area contributed by atoms with Gasteiger partial charge in [-0.3, -0.25) is 14.2 Å². The van der Waals surface area contributed by atoms with Crippen LogP contribution >= 0.6 is 22.7 Å². The van der Waals surface area contributed by atoms with Gasteiger partial charge < -0.3 is 5.32 Å². The molecule has 7 heteroatoms. The van der Waals surface area contributed by atoms with Crippen molar-refractivity contribution in [1.29, 1.82) is 0 Å². The van der Waals surface area contributed by atoms with Crippen LogP contribution in [0.2, 0.25) is 0 Å². The zero-order chi connectivity index (χ0) is 20.2. The van der Waals surface area contributed by atoms with Crippen molar-refractivity contribution in [3.05, 3.63) is 75.5 Å². The van der Waals surface area contributed by atoms with E-state index < -0.39 is 0 Å². The van der Waals surface area contributed by atoms with Crippen molar-refractivity contribution < 1.29 is 4.79 Å². The van der Waals surface area contributed by atoms with Gasteiger partial charge in [-0.15, -0.1) is 22.7 Å². The molecule has 29 heavy (non-hydrogen) atoms. The van der Waals surface area contributed by atoms with Crippen molar-refractivity contribution in [3.8, 4) is 10.4 Å². The van der Waals surface area contributed by atoms with Crippen LogP contribution in [0.5, 0.6) is 0 Å². The standard InChI is InChI=1S/C22H21N3O2S2/c1-2-15(16-7-4-3-5-8-16)11-23-19(26)12-25-14-24-21-20(22(25)27)17(13-29-21)18-9-6-10-28-18/h3-10,13-15H,2,11-12H2,1H3,(H,23,26). The molecule has 0 bridgehead atoms. The third kappa shape index (κ3) is 4.16. The Balaban J connectivity index is 1.50. The molecule has 0 aliphatic heterocycles. The van der Waals surface area contributed by atoms with E-state index in [4.69, 9.17) is 0 Å². The van der Waals surface area contributed by atoms with Crippen molar-refractivity contribution >= 4 is 38.8 Å². The van der Waals surface area contributed by atoms with Crippen LogP contribution in [0.25, 0.3) is 20.7 Å². The number of nitrogens with one attached hydrogen (secondary N) is 1. The van der Waals surface area contributed by atoms with Crippen LogP contribution < -0.4 is 10.9 Å². The van der Waals surface area contributed by atoms with Gasteiger partial charge in [0.15, 0.2) is 0 Å². The Morgan fingerprint density at radius 1 is 1.17 bits per heavy atom. The number of aromatic nitrogens is 2. The van der Waals surface area contributed by atoms with Crippen LogP contribution in [-0.4, -0.2) is 22.0 Å². The Bertz CT molecular complexity index is 1160. The van der Waals surface area contributed by atoms with E-state index in [1.54, 1.807) is 11.3 Å². The first kappa shape index (κ1) is 19.5. The molecule has 0 spiro atoms. The molecule has 1 unspecified atom stereocenters. The predicted molar refractivity (Wildman–Crippen MR) is 120 cm³/mol. The molecule has 0 fully saturated rings. The molecule has 0 aliphatic carbocycles. The average Bonchev–Trinajstić information content (AvgIpc) is 3.41. The topological polar surface area (TPSA) is 64.0 Å². The van der Waals surface area contributed by atoms with Gasteiger partial charge >= 0.3 is 0 Å². The number of hydrogen-bond acceptors (Lipinski definition) is 5. The molecule has 1 atom stereocenters. The number of nitrogens with zero attached hydrogens (tertiary/aromatic N) is 2. The van der Waals surface area contributed by atoms with Crippen molar-refractivity contribution in [2.45, 2.75) is 25.8 Å². The van der Waals surface area contributed by atoms with Crippen LogP contribution in [0.15, 0.2) is 64.3 Å². The van der Waals surface area contributed by atoms with Gasteiger partial charge in [0.2, 0.25) is 5.91 Å². The summed E-state index contributed by atoms with van der Waals surface area (Å²) in [6, 6.07) is 14.1. The largest absolute Gasteiger partial charge is 0.354 e. The van der Waals surface area contributed by atoms with Gasteiger partial charge in [-0.1, -0.05) is 43.3 Å². The summed E-state index contributed by atoms with van der Waals surface area (Å²) in [6.07, 6.45) is 2.39. The zero-order valence-electron chi connectivity index (χ0n) is 16.0. The quantitative estimate of drug-likeness (QED) is 0.476. The molecule has 1 N–H and O–H groups in total. The predicted octanol–water partition coefficient (Wildman–Crippen LogP) is 4.50. The summed E-state index contributed by atoms with van der Waals surface area (Å²) in [4.78, 5) is 31.6. The molecule has 4 aromatic rings. The highest BCUT2D eigenvalue weighted by atomic mass is 32.1. The molecule has 1 amide bonds. The first-order chi connectivity index (χ1) is 14.2. The number of hydrogen-bond donors (Lipinski definition) is 1. The minimum Gasteiger partial charge on any atom is -0.354 e. The summed E-state index contributed by atoms with van der Waals surface area (Å²) in [5.41, 5.74) is 1.92. The second-order valence-electron chi connectivity index (χ2n) is 6.80. The molecule has 0 saturated heterocycles. The van der Waals surface area contributed by atoms with E-state index in [-0.39, 0.29) is 23.9 Å². The molecule has 0 aliphatic rings. The number of fused-ring (bicyclic) bond motifs is 1. The monoisotopic (exact) mass is 423 g/mol. The first-order valence-electron chi connectivity index (χ1n) is 9.49. The van der Waals surface area contributed by atoms with E-state index >= 15 is 0 Å². The molecule has 5 nitrogen and oxygen atoms in total. The van der Waals surface area contributed by atoms with Gasteiger partial charge in [-0.2, -0.15) is 0 Å². The number of carbonyl (C=O) groups is 1. The van der Waals surface area contributed by atoms with Gasteiger partial charge in [-0.05, 0) is 23.4 Å². The number of benzene rings is 1. The number of thiophene rings is 2. The SMILES string of the molecule is CCC(CNC(=O)Cn1cnc2scc(-c3cccs3)c2c1=O)c1ccccc1. The summed E-state index contributed by atoms with van der Waals surface area (Å²) in [6.45, 7) is 2.62. The van der Waals surface area contributed by atoms with E-state index in [0.29, 0.717) is 16.8 Å². The molecule has 1 aromatic carbocycles. The summed E-state index contributed by atoms with van der Waals surface area (Å²) in [5.74, 6) is 0.0651. The Morgan fingerprint density at radius 2 is 2.00 bits per heavy atom. The maximum Gasteiger partial charge on any atom is 0.263 e. The number of rotatable bonds is 7.